The molecular formula is C14H22N2O3. The zero-order valence-corrected chi connectivity index (χ0v) is 11.7. The number of ether oxygens (including phenoxy) is 2. The summed E-state index contributed by atoms with van der Waals surface area (Å²) in [6.07, 6.45) is 0. The van der Waals surface area contributed by atoms with Gasteiger partial charge < -0.3 is 20.5 Å². The Kier molecular flexibility index (Phi) is 6.15. The van der Waals surface area contributed by atoms with E-state index in [0.717, 1.165) is 0 Å². The zero-order valence-electron chi connectivity index (χ0n) is 11.7. The Labute approximate surface area is 114 Å². The number of para-hydroxylation sites is 1. The minimum absolute atomic E-state index is 0.211. The number of hydrogen-bond acceptors (Lipinski definition) is 4. The molecule has 0 unspecified atom stereocenters. The minimum Gasteiger partial charge on any atom is -0.494 e. The first-order valence-corrected chi connectivity index (χ1v) is 6.34. The van der Waals surface area contributed by atoms with Gasteiger partial charge in [-0.15, -0.1) is 0 Å². The normalized spacial score (nSPS) is 10.5. The van der Waals surface area contributed by atoms with Crippen molar-refractivity contribution in [1.29, 1.82) is 0 Å². The van der Waals surface area contributed by atoms with Crippen LogP contribution in [0, 0.1) is 5.92 Å². The van der Waals surface area contributed by atoms with Gasteiger partial charge in [-0.25, -0.2) is 0 Å². The second kappa shape index (κ2) is 7.63. The third-order valence-corrected chi connectivity index (χ3v) is 2.48. The van der Waals surface area contributed by atoms with Crippen LogP contribution in [0.4, 0.5) is 5.69 Å². The molecule has 0 aliphatic heterocycles. The number of anilines is 1. The third-order valence-electron chi connectivity index (χ3n) is 2.48. The molecule has 19 heavy (non-hydrogen) atoms. The highest BCUT2D eigenvalue weighted by atomic mass is 16.5. The van der Waals surface area contributed by atoms with E-state index in [4.69, 9.17) is 15.2 Å². The van der Waals surface area contributed by atoms with Crippen molar-refractivity contribution < 1.29 is 14.3 Å². The molecule has 5 nitrogen and oxygen atoms in total. The van der Waals surface area contributed by atoms with Crippen molar-refractivity contribution >= 4 is 11.6 Å². The third kappa shape index (κ3) is 4.79. The molecule has 0 aromatic heterocycles. The second-order valence-electron chi connectivity index (χ2n) is 4.65. The summed E-state index contributed by atoms with van der Waals surface area (Å²) < 4.78 is 10.5. The molecule has 1 rings (SSSR count). The van der Waals surface area contributed by atoms with E-state index in [9.17, 15) is 4.79 Å². The van der Waals surface area contributed by atoms with Gasteiger partial charge in [-0.1, -0.05) is 19.9 Å². The van der Waals surface area contributed by atoms with E-state index in [1.807, 2.05) is 0 Å². The van der Waals surface area contributed by atoms with Crippen LogP contribution in [0.15, 0.2) is 18.2 Å². The molecule has 0 saturated heterocycles. The number of nitrogens with one attached hydrogen (secondary N) is 1. The van der Waals surface area contributed by atoms with Crippen LogP contribution in [0.5, 0.6) is 5.75 Å². The Balaban J connectivity index is 2.48. The van der Waals surface area contributed by atoms with Crippen molar-refractivity contribution in [1.82, 2.24) is 5.32 Å². The van der Waals surface area contributed by atoms with Crippen LogP contribution in [0.25, 0.3) is 0 Å². The van der Waals surface area contributed by atoms with E-state index in [0.29, 0.717) is 42.7 Å². The Bertz CT molecular complexity index is 419. The van der Waals surface area contributed by atoms with Crippen molar-refractivity contribution in [2.24, 2.45) is 5.92 Å². The average Bonchev–Trinajstić information content (AvgIpc) is 2.37. The fourth-order valence-corrected chi connectivity index (χ4v) is 1.61. The first-order chi connectivity index (χ1) is 9.06. The maximum atomic E-state index is 12.0. The number of amides is 1. The van der Waals surface area contributed by atoms with Crippen LogP contribution < -0.4 is 15.8 Å². The van der Waals surface area contributed by atoms with Crippen LogP contribution in [0.2, 0.25) is 0 Å². The average molecular weight is 266 g/mol. The van der Waals surface area contributed by atoms with Crippen molar-refractivity contribution in [2.45, 2.75) is 13.8 Å². The van der Waals surface area contributed by atoms with Gasteiger partial charge in [0.1, 0.15) is 0 Å². The van der Waals surface area contributed by atoms with E-state index in [1.165, 1.54) is 7.11 Å². The summed E-state index contributed by atoms with van der Waals surface area (Å²) in [6.45, 7) is 5.81. The summed E-state index contributed by atoms with van der Waals surface area (Å²) in [4.78, 5) is 12.0. The Morgan fingerprint density at radius 1 is 1.42 bits per heavy atom. The molecule has 0 radical (unpaired) electrons. The Hall–Kier alpha value is -1.75. The monoisotopic (exact) mass is 266 g/mol. The molecule has 0 spiro atoms. The first kappa shape index (κ1) is 15.3. The second-order valence-corrected chi connectivity index (χ2v) is 4.65. The lowest BCUT2D eigenvalue weighted by atomic mass is 10.1. The van der Waals surface area contributed by atoms with E-state index in [1.54, 1.807) is 18.2 Å². The van der Waals surface area contributed by atoms with E-state index < -0.39 is 0 Å². The van der Waals surface area contributed by atoms with Gasteiger partial charge in [0.05, 0.1) is 25.0 Å². The summed E-state index contributed by atoms with van der Waals surface area (Å²) in [6, 6.07) is 5.10. The maximum absolute atomic E-state index is 12.0. The highest BCUT2D eigenvalue weighted by molar-refractivity contribution is 5.98. The number of nitrogen functional groups attached to an aromatic ring is 1. The van der Waals surface area contributed by atoms with Gasteiger partial charge in [0, 0.05) is 13.2 Å². The lowest BCUT2D eigenvalue weighted by molar-refractivity contribution is 0.0884. The number of nitrogens with two attached hydrogens (primary N) is 1. The minimum atomic E-state index is -0.211. The molecular weight excluding hydrogens is 244 g/mol. The predicted molar refractivity (Wildman–Crippen MR) is 75.4 cm³/mol. The molecule has 3 N–H and O–H groups in total. The molecule has 5 heteroatoms. The number of carbonyl (C=O) groups is 1. The van der Waals surface area contributed by atoms with Gasteiger partial charge in [0.25, 0.3) is 5.91 Å². The molecule has 1 amide bonds. The van der Waals surface area contributed by atoms with E-state index in [2.05, 4.69) is 19.2 Å². The summed E-state index contributed by atoms with van der Waals surface area (Å²) >= 11 is 0. The molecule has 0 heterocycles. The standard InChI is InChI=1S/C14H22N2O3/c1-10(2)9-19-8-7-16-14(17)11-5-4-6-12(15)13(11)18-3/h4-6,10H,7-9,15H2,1-3H3,(H,16,17). The molecule has 0 saturated carbocycles. The number of hydrogen-bond donors (Lipinski definition) is 2. The number of rotatable bonds is 7. The number of methoxy groups -OCH3 is 1. The molecule has 1 aromatic carbocycles. The van der Waals surface area contributed by atoms with Crippen molar-refractivity contribution in [2.75, 3.05) is 32.6 Å². The quantitative estimate of drug-likeness (QED) is 0.581. The van der Waals surface area contributed by atoms with Crippen molar-refractivity contribution in [3.05, 3.63) is 23.8 Å². The van der Waals surface area contributed by atoms with Gasteiger partial charge in [0.15, 0.2) is 5.75 Å². The molecule has 0 aliphatic rings. The summed E-state index contributed by atoms with van der Waals surface area (Å²) in [5.74, 6) is 0.685. The highest BCUT2D eigenvalue weighted by Gasteiger charge is 2.13. The van der Waals surface area contributed by atoms with Crippen LogP contribution in [0.1, 0.15) is 24.2 Å². The molecule has 0 atom stereocenters. The molecule has 106 valence electrons. The van der Waals surface area contributed by atoms with Crippen molar-refractivity contribution in [3.8, 4) is 5.75 Å². The van der Waals surface area contributed by atoms with Gasteiger partial charge in [-0.2, -0.15) is 0 Å². The highest BCUT2D eigenvalue weighted by Crippen LogP contribution is 2.25. The Morgan fingerprint density at radius 2 is 2.16 bits per heavy atom. The van der Waals surface area contributed by atoms with Gasteiger partial charge >= 0.3 is 0 Å². The number of benzene rings is 1. The zero-order chi connectivity index (χ0) is 14.3. The van der Waals surface area contributed by atoms with E-state index in [-0.39, 0.29) is 5.91 Å². The van der Waals surface area contributed by atoms with Gasteiger partial charge in [-0.05, 0) is 18.1 Å². The smallest absolute Gasteiger partial charge is 0.255 e. The fraction of sp³-hybridized carbons (Fsp3) is 0.500. The largest absolute Gasteiger partial charge is 0.494 e. The van der Waals surface area contributed by atoms with Gasteiger partial charge in [0.2, 0.25) is 0 Å². The Morgan fingerprint density at radius 3 is 2.79 bits per heavy atom. The topological polar surface area (TPSA) is 73.6 Å². The van der Waals surface area contributed by atoms with Crippen LogP contribution in [-0.2, 0) is 4.74 Å². The van der Waals surface area contributed by atoms with Gasteiger partial charge in [-0.3, -0.25) is 4.79 Å². The first-order valence-electron chi connectivity index (χ1n) is 6.34. The summed E-state index contributed by atoms with van der Waals surface area (Å²) in [5.41, 5.74) is 6.64. The number of carbonyl (C=O) groups excluding carboxylic acids is 1. The van der Waals surface area contributed by atoms with Crippen LogP contribution in [0.3, 0.4) is 0 Å². The predicted octanol–water partition coefficient (Wildman–Crippen LogP) is 1.68. The SMILES string of the molecule is COc1c(N)cccc1C(=O)NCCOCC(C)C. The molecule has 0 bridgehead atoms. The lowest BCUT2D eigenvalue weighted by Crippen LogP contribution is -2.28. The molecule has 0 aliphatic carbocycles. The van der Waals surface area contributed by atoms with Crippen LogP contribution in [-0.4, -0.2) is 32.8 Å². The summed E-state index contributed by atoms with van der Waals surface area (Å²) in [7, 11) is 1.49. The maximum Gasteiger partial charge on any atom is 0.255 e. The van der Waals surface area contributed by atoms with E-state index >= 15 is 0 Å². The lowest BCUT2D eigenvalue weighted by Gasteiger charge is -2.11. The summed E-state index contributed by atoms with van der Waals surface area (Å²) in [5, 5.41) is 2.78. The fourth-order valence-electron chi connectivity index (χ4n) is 1.61. The molecule has 1 aromatic rings. The molecule has 0 fully saturated rings. The van der Waals surface area contributed by atoms with Crippen LogP contribution >= 0.6 is 0 Å². The van der Waals surface area contributed by atoms with Crippen molar-refractivity contribution in [3.63, 3.8) is 0 Å².